The summed E-state index contributed by atoms with van der Waals surface area (Å²) in [5, 5.41) is 3.45. The van der Waals surface area contributed by atoms with Gasteiger partial charge in [0.2, 0.25) is 5.88 Å². The standard InChI is InChI=1S/C12H19N3O/c1-4-16-11-7-10(13-8-14-11)15-12(2,3)9-5-6-9/h7-9H,4-6H2,1-3H3,(H,13,14,15). The minimum Gasteiger partial charge on any atom is -0.478 e. The molecule has 0 unspecified atom stereocenters. The van der Waals surface area contributed by atoms with Crippen LogP contribution in [0.15, 0.2) is 12.4 Å². The largest absolute Gasteiger partial charge is 0.478 e. The molecule has 0 aromatic carbocycles. The third-order valence-electron chi connectivity index (χ3n) is 2.98. The van der Waals surface area contributed by atoms with Gasteiger partial charge in [-0.3, -0.25) is 0 Å². The van der Waals surface area contributed by atoms with E-state index in [-0.39, 0.29) is 5.54 Å². The summed E-state index contributed by atoms with van der Waals surface area (Å²) >= 11 is 0. The third-order valence-corrected chi connectivity index (χ3v) is 2.98. The van der Waals surface area contributed by atoms with Crippen molar-refractivity contribution in [1.29, 1.82) is 0 Å². The summed E-state index contributed by atoms with van der Waals surface area (Å²) < 4.78 is 5.35. The van der Waals surface area contributed by atoms with E-state index >= 15 is 0 Å². The summed E-state index contributed by atoms with van der Waals surface area (Å²) in [6, 6.07) is 1.85. The van der Waals surface area contributed by atoms with Crippen molar-refractivity contribution in [2.45, 2.75) is 39.2 Å². The Morgan fingerprint density at radius 2 is 2.19 bits per heavy atom. The van der Waals surface area contributed by atoms with Gasteiger partial charge in [0.25, 0.3) is 0 Å². The van der Waals surface area contributed by atoms with Crippen LogP contribution in [0, 0.1) is 5.92 Å². The molecular formula is C12H19N3O. The average Bonchev–Trinajstić information content (AvgIpc) is 3.01. The molecule has 0 radical (unpaired) electrons. The van der Waals surface area contributed by atoms with E-state index in [0.717, 1.165) is 11.7 Å². The summed E-state index contributed by atoms with van der Waals surface area (Å²) in [5.41, 5.74) is 0.109. The highest BCUT2D eigenvalue weighted by molar-refractivity contribution is 5.40. The first-order valence-electron chi connectivity index (χ1n) is 5.85. The molecular weight excluding hydrogens is 202 g/mol. The molecule has 1 heterocycles. The second-order valence-corrected chi connectivity index (χ2v) is 4.80. The molecule has 1 aliphatic rings. The van der Waals surface area contributed by atoms with Crippen LogP contribution in [0.3, 0.4) is 0 Å². The van der Waals surface area contributed by atoms with Crippen LogP contribution in [0.5, 0.6) is 5.88 Å². The van der Waals surface area contributed by atoms with Crippen molar-refractivity contribution in [2.24, 2.45) is 5.92 Å². The van der Waals surface area contributed by atoms with Gasteiger partial charge >= 0.3 is 0 Å². The fourth-order valence-electron chi connectivity index (χ4n) is 1.87. The van der Waals surface area contributed by atoms with E-state index in [9.17, 15) is 0 Å². The van der Waals surface area contributed by atoms with Crippen LogP contribution >= 0.6 is 0 Å². The van der Waals surface area contributed by atoms with Crippen molar-refractivity contribution in [3.63, 3.8) is 0 Å². The van der Waals surface area contributed by atoms with Crippen LogP contribution in [-0.4, -0.2) is 22.1 Å². The van der Waals surface area contributed by atoms with E-state index in [1.165, 1.54) is 19.2 Å². The van der Waals surface area contributed by atoms with Gasteiger partial charge in [0, 0.05) is 11.6 Å². The van der Waals surface area contributed by atoms with Crippen LogP contribution < -0.4 is 10.1 Å². The number of aromatic nitrogens is 2. The van der Waals surface area contributed by atoms with Crippen molar-refractivity contribution in [3.05, 3.63) is 12.4 Å². The van der Waals surface area contributed by atoms with Gasteiger partial charge in [-0.2, -0.15) is 0 Å². The van der Waals surface area contributed by atoms with Crippen LogP contribution in [0.4, 0.5) is 5.82 Å². The molecule has 0 spiro atoms. The smallest absolute Gasteiger partial charge is 0.218 e. The van der Waals surface area contributed by atoms with Gasteiger partial charge in [-0.25, -0.2) is 9.97 Å². The number of anilines is 1. The van der Waals surface area contributed by atoms with Crippen LogP contribution in [-0.2, 0) is 0 Å². The van der Waals surface area contributed by atoms with Crippen LogP contribution in [0.25, 0.3) is 0 Å². The molecule has 1 aliphatic carbocycles. The predicted molar refractivity (Wildman–Crippen MR) is 63.6 cm³/mol. The number of hydrogen-bond donors (Lipinski definition) is 1. The second-order valence-electron chi connectivity index (χ2n) is 4.80. The summed E-state index contributed by atoms with van der Waals surface area (Å²) in [4.78, 5) is 8.26. The Bertz CT molecular complexity index is 361. The summed E-state index contributed by atoms with van der Waals surface area (Å²) in [5.74, 6) is 2.24. The zero-order valence-electron chi connectivity index (χ0n) is 10.2. The Kier molecular flexibility index (Phi) is 2.99. The highest BCUT2D eigenvalue weighted by Crippen LogP contribution is 2.40. The van der Waals surface area contributed by atoms with Crippen LogP contribution in [0.1, 0.15) is 33.6 Å². The van der Waals surface area contributed by atoms with Gasteiger partial charge in [0.1, 0.15) is 12.1 Å². The molecule has 16 heavy (non-hydrogen) atoms. The molecule has 88 valence electrons. The molecule has 0 amide bonds. The molecule has 0 atom stereocenters. The van der Waals surface area contributed by atoms with Crippen molar-refractivity contribution in [1.82, 2.24) is 9.97 Å². The van der Waals surface area contributed by atoms with E-state index in [1.54, 1.807) is 0 Å². The number of nitrogens with zero attached hydrogens (tertiary/aromatic N) is 2. The molecule has 0 saturated heterocycles. The zero-order chi connectivity index (χ0) is 11.6. The predicted octanol–water partition coefficient (Wildman–Crippen LogP) is 2.48. The SMILES string of the molecule is CCOc1cc(NC(C)(C)C2CC2)ncn1. The van der Waals surface area contributed by atoms with Gasteiger partial charge in [0.15, 0.2) is 0 Å². The van der Waals surface area contributed by atoms with Crippen molar-refractivity contribution >= 4 is 5.82 Å². The van der Waals surface area contributed by atoms with E-state index in [4.69, 9.17) is 4.74 Å². The lowest BCUT2D eigenvalue weighted by Crippen LogP contribution is -2.33. The molecule has 1 fully saturated rings. The molecule has 0 bridgehead atoms. The highest BCUT2D eigenvalue weighted by atomic mass is 16.5. The maximum Gasteiger partial charge on any atom is 0.218 e. The summed E-state index contributed by atoms with van der Waals surface area (Å²) in [6.07, 6.45) is 4.16. The lowest BCUT2D eigenvalue weighted by Gasteiger charge is -2.26. The van der Waals surface area contributed by atoms with Crippen molar-refractivity contribution in [3.8, 4) is 5.88 Å². The monoisotopic (exact) mass is 221 g/mol. The fourth-order valence-corrected chi connectivity index (χ4v) is 1.87. The highest BCUT2D eigenvalue weighted by Gasteiger charge is 2.37. The van der Waals surface area contributed by atoms with E-state index in [2.05, 4.69) is 29.1 Å². The minimum atomic E-state index is 0.109. The molecule has 1 N–H and O–H groups in total. The van der Waals surface area contributed by atoms with Gasteiger partial charge in [-0.15, -0.1) is 0 Å². The second kappa shape index (κ2) is 4.28. The van der Waals surface area contributed by atoms with Crippen LogP contribution in [0.2, 0.25) is 0 Å². The third kappa shape index (κ3) is 2.62. The normalized spacial score (nSPS) is 15.9. The van der Waals surface area contributed by atoms with Gasteiger partial charge in [0.05, 0.1) is 6.61 Å². The minimum absolute atomic E-state index is 0.109. The number of hydrogen-bond acceptors (Lipinski definition) is 4. The quantitative estimate of drug-likeness (QED) is 0.829. The topological polar surface area (TPSA) is 47.0 Å². The van der Waals surface area contributed by atoms with Gasteiger partial charge in [-0.05, 0) is 39.5 Å². The number of nitrogens with one attached hydrogen (secondary N) is 1. The number of rotatable bonds is 5. The average molecular weight is 221 g/mol. The first kappa shape index (κ1) is 11.2. The molecule has 2 rings (SSSR count). The summed E-state index contributed by atoms with van der Waals surface area (Å²) in [7, 11) is 0. The Hall–Kier alpha value is -1.32. The summed E-state index contributed by atoms with van der Waals surface area (Å²) in [6.45, 7) is 7.01. The Morgan fingerprint density at radius 3 is 2.81 bits per heavy atom. The van der Waals surface area contributed by atoms with Gasteiger partial charge in [-0.1, -0.05) is 0 Å². The Morgan fingerprint density at radius 1 is 1.44 bits per heavy atom. The molecule has 0 aliphatic heterocycles. The van der Waals surface area contributed by atoms with E-state index < -0.39 is 0 Å². The Labute approximate surface area is 96.4 Å². The molecule has 1 aromatic rings. The maximum atomic E-state index is 5.35. The molecule has 4 heteroatoms. The first-order valence-corrected chi connectivity index (χ1v) is 5.85. The van der Waals surface area contributed by atoms with E-state index in [0.29, 0.717) is 12.5 Å². The lowest BCUT2D eigenvalue weighted by molar-refractivity contribution is 0.326. The maximum absolute atomic E-state index is 5.35. The van der Waals surface area contributed by atoms with Crippen molar-refractivity contribution in [2.75, 3.05) is 11.9 Å². The first-order chi connectivity index (χ1) is 7.62. The lowest BCUT2D eigenvalue weighted by atomic mass is 9.99. The number of ether oxygens (including phenoxy) is 1. The fraction of sp³-hybridized carbons (Fsp3) is 0.667. The van der Waals surface area contributed by atoms with E-state index in [1.807, 2.05) is 13.0 Å². The Balaban J connectivity index is 2.05. The molecule has 1 aromatic heterocycles. The van der Waals surface area contributed by atoms with Crippen molar-refractivity contribution < 1.29 is 4.74 Å². The van der Waals surface area contributed by atoms with Gasteiger partial charge < -0.3 is 10.1 Å². The zero-order valence-corrected chi connectivity index (χ0v) is 10.2. The molecule has 4 nitrogen and oxygen atoms in total. The molecule has 1 saturated carbocycles.